The molecule has 0 spiro atoms. The van der Waals surface area contributed by atoms with Crippen LogP contribution in [-0.4, -0.2) is 6.61 Å². The van der Waals surface area contributed by atoms with Gasteiger partial charge in [0.05, 0.1) is 21.7 Å². The molecule has 0 bridgehead atoms. The van der Waals surface area contributed by atoms with Crippen molar-refractivity contribution in [2.75, 3.05) is 12.3 Å². The maximum Gasteiger partial charge on any atom is 0.139 e. The van der Waals surface area contributed by atoms with E-state index in [4.69, 9.17) is 45.3 Å². The van der Waals surface area contributed by atoms with Gasteiger partial charge in [0.2, 0.25) is 0 Å². The van der Waals surface area contributed by atoms with E-state index in [0.29, 0.717) is 27.4 Å². The molecule has 2 nitrogen and oxygen atoms in total. The summed E-state index contributed by atoms with van der Waals surface area (Å²) >= 11 is 17.8. The Labute approximate surface area is 127 Å². The average Bonchev–Trinajstić information content (AvgIpc) is 2.38. The van der Waals surface area contributed by atoms with Crippen LogP contribution in [0.25, 0.3) is 0 Å². The molecule has 100 valence electrons. The van der Waals surface area contributed by atoms with Gasteiger partial charge in [-0.05, 0) is 23.8 Å². The van der Waals surface area contributed by atoms with Crippen molar-refractivity contribution in [3.63, 3.8) is 0 Å². The molecule has 2 aromatic rings. The van der Waals surface area contributed by atoms with Gasteiger partial charge in [-0.15, -0.1) is 0 Å². The third kappa shape index (κ3) is 3.93. The molecule has 0 aliphatic heterocycles. The molecule has 0 heterocycles. The number of hydrogen-bond donors (Lipinski definition) is 1. The van der Waals surface area contributed by atoms with E-state index >= 15 is 0 Å². The zero-order chi connectivity index (χ0) is 13.8. The predicted octanol–water partition coefficient (Wildman–Crippen LogP) is 4.85. The van der Waals surface area contributed by atoms with E-state index in [1.54, 1.807) is 12.1 Å². The number of anilines is 1. The highest BCUT2D eigenvalue weighted by Crippen LogP contribution is 2.33. The summed E-state index contributed by atoms with van der Waals surface area (Å²) in [5.41, 5.74) is 7.51. The van der Waals surface area contributed by atoms with Crippen molar-refractivity contribution < 1.29 is 4.74 Å². The first kappa shape index (κ1) is 14.3. The van der Waals surface area contributed by atoms with Crippen LogP contribution in [0, 0.1) is 0 Å². The van der Waals surface area contributed by atoms with Gasteiger partial charge in [0.1, 0.15) is 5.75 Å². The van der Waals surface area contributed by atoms with Crippen LogP contribution in [0.4, 0.5) is 5.69 Å². The monoisotopic (exact) mass is 315 g/mol. The number of rotatable bonds is 4. The molecular weight excluding hydrogens is 305 g/mol. The second kappa shape index (κ2) is 6.38. The molecule has 0 fully saturated rings. The van der Waals surface area contributed by atoms with Crippen LogP contribution in [0.15, 0.2) is 36.4 Å². The van der Waals surface area contributed by atoms with Gasteiger partial charge in [0.15, 0.2) is 0 Å². The molecule has 2 rings (SSSR count). The molecule has 0 unspecified atom stereocenters. The Hall–Kier alpha value is -1.09. The maximum atomic E-state index is 6.02. The molecule has 2 N–H and O–H groups in total. The Balaban J connectivity index is 1.96. The highest BCUT2D eigenvalue weighted by Gasteiger charge is 2.07. The molecular formula is C14H12Cl3NO. The molecule has 19 heavy (non-hydrogen) atoms. The summed E-state index contributed by atoms with van der Waals surface area (Å²) in [6, 6.07) is 10.9. The SMILES string of the molecule is Nc1ccc(CCOc2cc(Cl)c(Cl)cc2Cl)cc1. The Kier molecular flexibility index (Phi) is 4.81. The van der Waals surface area contributed by atoms with Gasteiger partial charge in [-0.1, -0.05) is 46.9 Å². The number of halogens is 3. The first-order valence-electron chi connectivity index (χ1n) is 5.68. The van der Waals surface area contributed by atoms with Gasteiger partial charge in [0.25, 0.3) is 0 Å². The number of nitrogens with two attached hydrogens (primary N) is 1. The fraction of sp³-hybridized carbons (Fsp3) is 0.143. The third-order valence-corrected chi connectivity index (χ3v) is 3.62. The van der Waals surface area contributed by atoms with E-state index in [2.05, 4.69) is 0 Å². The van der Waals surface area contributed by atoms with Crippen molar-refractivity contribution in [2.45, 2.75) is 6.42 Å². The van der Waals surface area contributed by atoms with Gasteiger partial charge in [-0.2, -0.15) is 0 Å². The molecule has 0 saturated carbocycles. The Morgan fingerprint density at radius 2 is 1.53 bits per heavy atom. The Morgan fingerprint density at radius 1 is 0.895 bits per heavy atom. The highest BCUT2D eigenvalue weighted by atomic mass is 35.5. The van der Waals surface area contributed by atoms with Crippen molar-refractivity contribution >= 4 is 40.5 Å². The zero-order valence-corrected chi connectivity index (χ0v) is 12.3. The standard InChI is InChI=1S/C14H12Cl3NO/c15-11-7-13(17)14(8-12(11)16)19-6-5-9-1-3-10(18)4-2-9/h1-4,7-8H,5-6,18H2. The van der Waals surface area contributed by atoms with E-state index in [1.807, 2.05) is 24.3 Å². The van der Waals surface area contributed by atoms with Crippen LogP contribution < -0.4 is 10.5 Å². The lowest BCUT2D eigenvalue weighted by Gasteiger charge is -2.09. The minimum absolute atomic E-state index is 0.414. The minimum Gasteiger partial charge on any atom is -0.492 e. The van der Waals surface area contributed by atoms with Crippen LogP contribution in [0.5, 0.6) is 5.75 Å². The molecule has 0 radical (unpaired) electrons. The van der Waals surface area contributed by atoms with Crippen molar-refractivity contribution in [1.82, 2.24) is 0 Å². The van der Waals surface area contributed by atoms with Crippen molar-refractivity contribution in [1.29, 1.82) is 0 Å². The number of nitrogen functional groups attached to an aromatic ring is 1. The van der Waals surface area contributed by atoms with Crippen LogP contribution in [0.3, 0.4) is 0 Å². The highest BCUT2D eigenvalue weighted by molar-refractivity contribution is 6.43. The third-order valence-electron chi connectivity index (χ3n) is 2.60. The maximum absolute atomic E-state index is 6.02. The molecule has 0 aromatic heterocycles. The zero-order valence-electron chi connectivity index (χ0n) is 10.00. The van der Waals surface area contributed by atoms with Gasteiger partial charge >= 0.3 is 0 Å². The summed E-state index contributed by atoms with van der Waals surface area (Å²) in [5.74, 6) is 0.534. The van der Waals surface area contributed by atoms with E-state index in [1.165, 1.54) is 0 Å². The number of benzene rings is 2. The molecule has 5 heteroatoms. The summed E-state index contributed by atoms with van der Waals surface area (Å²) in [4.78, 5) is 0. The number of hydrogen-bond acceptors (Lipinski definition) is 2. The molecule has 0 amide bonds. The Bertz CT molecular complexity index is 570. The lowest BCUT2D eigenvalue weighted by atomic mass is 10.1. The first-order valence-corrected chi connectivity index (χ1v) is 6.81. The van der Waals surface area contributed by atoms with Crippen LogP contribution >= 0.6 is 34.8 Å². The van der Waals surface area contributed by atoms with E-state index < -0.39 is 0 Å². The van der Waals surface area contributed by atoms with Crippen LogP contribution in [0.2, 0.25) is 15.1 Å². The Morgan fingerprint density at radius 3 is 2.21 bits per heavy atom. The lowest BCUT2D eigenvalue weighted by Crippen LogP contribution is -2.02. The second-order valence-electron chi connectivity index (χ2n) is 4.04. The van der Waals surface area contributed by atoms with E-state index in [9.17, 15) is 0 Å². The van der Waals surface area contributed by atoms with Gasteiger partial charge in [-0.3, -0.25) is 0 Å². The van der Waals surface area contributed by atoms with Crippen molar-refractivity contribution in [3.8, 4) is 5.75 Å². The van der Waals surface area contributed by atoms with E-state index in [0.717, 1.165) is 17.7 Å². The fourth-order valence-corrected chi connectivity index (χ4v) is 2.17. The molecule has 0 atom stereocenters. The van der Waals surface area contributed by atoms with Crippen molar-refractivity contribution in [2.24, 2.45) is 0 Å². The molecule has 0 aliphatic rings. The molecule has 0 saturated heterocycles. The average molecular weight is 317 g/mol. The summed E-state index contributed by atoms with van der Waals surface area (Å²) in [5, 5.41) is 1.29. The van der Waals surface area contributed by atoms with E-state index in [-0.39, 0.29) is 0 Å². The lowest BCUT2D eigenvalue weighted by molar-refractivity contribution is 0.322. The topological polar surface area (TPSA) is 35.2 Å². The number of ether oxygens (including phenoxy) is 1. The smallest absolute Gasteiger partial charge is 0.139 e. The van der Waals surface area contributed by atoms with Gasteiger partial charge in [0, 0.05) is 18.2 Å². The predicted molar refractivity (Wildman–Crippen MR) is 81.5 cm³/mol. The summed E-state index contributed by atoms with van der Waals surface area (Å²) in [6.07, 6.45) is 0.761. The molecule has 2 aromatic carbocycles. The van der Waals surface area contributed by atoms with Crippen LogP contribution in [-0.2, 0) is 6.42 Å². The summed E-state index contributed by atoms with van der Waals surface area (Å²) in [7, 11) is 0. The largest absolute Gasteiger partial charge is 0.492 e. The fourth-order valence-electron chi connectivity index (χ4n) is 1.58. The summed E-state index contributed by atoms with van der Waals surface area (Å²) in [6.45, 7) is 0.502. The first-order chi connectivity index (χ1) is 9.06. The van der Waals surface area contributed by atoms with Gasteiger partial charge in [-0.25, -0.2) is 0 Å². The summed E-state index contributed by atoms with van der Waals surface area (Å²) < 4.78 is 5.60. The minimum atomic E-state index is 0.414. The van der Waals surface area contributed by atoms with Crippen molar-refractivity contribution in [3.05, 3.63) is 57.0 Å². The molecule has 0 aliphatic carbocycles. The second-order valence-corrected chi connectivity index (χ2v) is 5.26. The van der Waals surface area contributed by atoms with Crippen LogP contribution in [0.1, 0.15) is 5.56 Å². The normalized spacial score (nSPS) is 10.5. The van der Waals surface area contributed by atoms with Gasteiger partial charge < -0.3 is 10.5 Å². The quantitative estimate of drug-likeness (QED) is 0.646.